The topological polar surface area (TPSA) is 93.8 Å². The largest absolute Gasteiger partial charge is 0.368 e. The molecule has 0 radical (unpaired) electrons. The molecule has 1 unspecified atom stereocenters. The third-order valence-electron chi connectivity index (χ3n) is 4.09. The van der Waals surface area contributed by atoms with Crippen LogP contribution in [0.2, 0.25) is 0 Å². The molecule has 0 aliphatic carbocycles. The van der Waals surface area contributed by atoms with E-state index in [1.807, 2.05) is 42.5 Å². The summed E-state index contributed by atoms with van der Waals surface area (Å²) in [4.78, 5) is 25.0. The van der Waals surface area contributed by atoms with Gasteiger partial charge in [-0.25, -0.2) is 0 Å². The highest BCUT2D eigenvalue weighted by Crippen LogP contribution is 2.25. The van der Waals surface area contributed by atoms with Crippen molar-refractivity contribution in [2.75, 3.05) is 0 Å². The normalized spacial score (nSPS) is 13.1. The van der Waals surface area contributed by atoms with Gasteiger partial charge in [-0.3, -0.25) is 25.1 Å². The molecule has 3 rings (SSSR count). The van der Waals surface area contributed by atoms with Gasteiger partial charge in [0.15, 0.2) is 0 Å². The molecular formula is C19H19N5O. The van der Waals surface area contributed by atoms with Crippen LogP contribution in [-0.2, 0) is 23.3 Å². The Hall–Kier alpha value is -3.12. The van der Waals surface area contributed by atoms with E-state index in [1.165, 1.54) is 0 Å². The Labute approximate surface area is 146 Å². The van der Waals surface area contributed by atoms with E-state index in [-0.39, 0.29) is 0 Å². The number of aromatic nitrogens is 3. The highest BCUT2D eigenvalue weighted by Gasteiger charge is 2.39. The number of nitrogens with two attached hydrogens (primary N) is 1. The van der Waals surface area contributed by atoms with Gasteiger partial charge in [-0.2, -0.15) is 0 Å². The molecule has 0 saturated heterocycles. The van der Waals surface area contributed by atoms with Gasteiger partial charge >= 0.3 is 0 Å². The van der Waals surface area contributed by atoms with Crippen molar-refractivity contribution in [3.8, 4) is 0 Å². The third-order valence-corrected chi connectivity index (χ3v) is 4.09. The van der Waals surface area contributed by atoms with Crippen LogP contribution >= 0.6 is 0 Å². The summed E-state index contributed by atoms with van der Waals surface area (Å²) in [6.07, 6.45) is 8.87. The average Bonchev–Trinajstić information content (AvgIpc) is 2.67. The van der Waals surface area contributed by atoms with Gasteiger partial charge in [0.2, 0.25) is 5.91 Å². The summed E-state index contributed by atoms with van der Waals surface area (Å²) >= 11 is 0. The summed E-state index contributed by atoms with van der Waals surface area (Å²) < 4.78 is 0. The van der Waals surface area contributed by atoms with E-state index in [0.29, 0.717) is 18.7 Å². The van der Waals surface area contributed by atoms with Crippen molar-refractivity contribution in [2.45, 2.75) is 18.5 Å². The third kappa shape index (κ3) is 3.87. The zero-order valence-corrected chi connectivity index (χ0v) is 13.7. The number of rotatable bonds is 7. The maximum atomic E-state index is 12.5. The lowest BCUT2D eigenvalue weighted by atomic mass is 9.86. The van der Waals surface area contributed by atoms with Crippen LogP contribution in [0.1, 0.15) is 16.8 Å². The first-order chi connectivity index (χ1) is 12.2. The minimum absolute atomic E-state index is 0.382. The van der Waals surface area contributed by atoms with Crippen molar-refractivity contribution >= 4 is 5.91 Å². The van der Waals surface area contributed by atoms with Crippen molar-refractivity contribution in [1.29, 1.82) is 0 Å². The van der Waals surface area contributed by atoms with Gasteiger partial charge in [0.1, 0.15) is 5.54 Å². The summed E-state index contributed by atoms with van der Waals surface area (Å²) in [6.45, 7) is 0.465. The van der Waals surface area contributed by atoms with E-state index in [2.05, 4.69) is 20.3 Å². The monoisotopic (exact) mass is 333 g/mol. The van der Waals surface area contributed by atoms with E-state index in [4.69, 9.17) is 5.73 Å². The predicted molar refractivity (Wildman–Crippen MR) is 94.1 cm³/mol. The number of pyridine rings is 3. The van der Waals surface area contributed by atoms with Crippen molar-refractivity contribution in [3.63, 3.8) is 0 Å². The van der Waals surface area contributed by atoms with Crippen LogP contribution in [0.5, 0.6) is 0 Å². The number of amides is 1. The van der Waals surface area contributed by atoms with Crippen molar-refractivity contribution in [2.24, 2.45) is 5.73 Å². The molecule has 6 heteroatoms. The van der Waals surface area contributed by atoms with Gasteiger partial charge in [0.05, 0.1) is 5.69 Å². The summed E-state index contributed by atoms with van der Waals surface area (Å²) in [6, 6.07) is 13.0. The number of primary amides is 1. The molecule has 0 aromatic carbocycles. The molecule has 0 aliphatic rings. The number of hydrogen-bond acceptors (Lipinski definition) is 5. The molecule has 0 bridgehead atoms. The first-order valence-electron chi connectivity index (χ1n) is 7.95. The van der Waals surface area contributed by atoms with Crippen LogP contribution in [0.15, 0.2) is 73.4 Å². The minimum Gasteiger partial charge on any atom is -0.368 e. The zero-order valence-electron chi connectivity index (χ0n) is 13.7. The molecule has 0 spiro atoms. The molecular weight excluding hydrogens is 314 g/mol. The Balaban J connectivity index is 1.97. The van der Waals surface area contributed by atoms with Crippen LogP contribution in [-0.4, -0.2) is 20.9 Å². The van der Waals surface area contributed by atoms with Gasteiger partial charge < -0.3 is 5.73 Å². The minimum atomic E-state index is -1.12. The second kappa shape index (κ2) is 7.63. The quantitative estimate of drug-likeness (QED) is 0.685. The molecule has 3 aromatic rings. The Bertz CT molecular complexity index is 811. The fourth-order valence-electron chi connectivity index (χ4n) is 2.72. The number of carbonyl (C=O) groups is 1. The molecule has 0 aliphatic heterocycles. The summed E-state index contributed by atoms with van der Waals surface area (Å²) in [5.41, 5.74) is 7.27. The lowest BCUT2D eigenvalue weighted by molar-refractivity contribution is -0.125. The predicted octanol–water partition coefficient (Wildman–Crippen LogP) is 1.58. The van der Waals surface area contributed by atoms with E-state index in [1.54, 1.807) is 31.0 Å². The van der Waals surface area contributed by atoms with Gasteiger partial charge in [0.25, 0.3) is 0 Å². The maximum Gasteiger partial charge on any atom is 0.244 e. The number of hydrogen-bond donors (Lipinski definition) is 2. The molecule has 25 heavy (non-hydrogen) atoms. The van der Waals surface area contributed by atoms with E-state index < -0.39 is 11.4 Å². The van der Waals surface area contributed by atoms with Gasteiger partial charge in [-0.05, 0) is 47.5 Å². The first kappa shape index (κ1) is 16.7. The van der Waals surface area contributed by atoms with E-state index >= 15 is 0 Å². The maximum absolute atomic E-state index is 12.5. The fraction of sp³-hybridized carbons (Fsp3) is 0.158. The smallest absolute Gasteiger partial charge is 0.244 e. The fourth-order valence-corrected chi connectivity index (χ4v) is 2.72. The van der Waals surface area contributed by atoms with Gasteiger partial charge in [0, 0.05) is 43.9 Å². The number of nitrogens with one attached hydrogen (secondary N) is 1. The molecule has 6 nitrogen and oxygen atoms in total. The SMILES string of the molecule is NC(=O)C(Cc1ccncc1)(NCc1ccncc1)c1ccccn1. The molecule has 3 aromatic heterocycles. The standard InChI is InChI=1S/C19H19N5O/c20-18(25)19(17-3-1-2-8-23-17,13-15-4-9-21-10-5-15)24-14-16-6-11-22-12-7-16/h1-12,24H,13-14H2,(H2,20,25). The van der Waals surface area contributed by atoms with Crippen LogP contribution in [0, 0.1) is 0 Å². The molecule has 0 saturated carbocycles. The van der Waals surface area contributed by atoms with Gasteiger partial charge in [-0.1, -0.05) is 6.07 Å². The van der Waals surface area contributed by atoms with Gasteiger partial charge in [-0.15, -0.1) is 0 Å². The Morgan fingerprint density at radius 1 is 0.920 bits per heavy atom. The summed E-state index contributed by atoms with van der Waals surface area (Å²) in [7, 11) is 0. The second-order valence-electron chi connectivity index (χ2n) is 5.73. The summed E-state index contributed by atoms with van der Waals surface area (Å²) in [5, 5.41) is 3.33. The molecule has 1 amide bonds. The second-order valence-corrected chi connectivity index (χ2v) is 5.73. The van der Waals surface area contributed by atoms with Crippen LogP contribution in [0.4, 0.5) is 0 Å². The van der Waals surface area contributed by atoms with Crippen LogP contribution in [0.3, 0.4) is 0 Å². The number of nitrogens with zero attached hydrogens (tertiary/aromatic N) is 3. The molecule has 0 fully saturated rings. The molecule has 3 N–H and O–H groups in total. The van der Waals surface area contributed by atoms with Crippen LogP contribution < -0.4 is 11.1 Å². The van der Waals surface area contributed by atoms with E-state index in [9.17, 15) is 4.79 Å². The molecule has 126 valence electrons. The molecule has 1 atom stereocenters. The Morgan fingerprint density at radius 3 is 2.12 bits per heavy atom. The van der Waals surface area contributed by atoms with E-state index in [0.717, 1.165) is 11.1 Å². The van der Waals surface area contributed by atoms with Crippen molar-refractivity contribution < 1.29 is 4.79 Å². The highest BCUT2D eigenvalue weighted by molar-refractivity contribution is 5.86. The van der Waals surface area contributed by atoms with Crippen LogP contribution in [0.25, 0.3) is 0 Å². The Kier molecular flexibility index (Phi) is 5.11. The van der Waals surface area contributed by atoms with Crippen molar-refractivity contribution in [3.05, 3.63) is 90.3 Å². The lowest BCUT2D eigenvalue weighted by Gasteiger charge is -2.31. The first-order valence-corrected chi connectivity index (χ1v) is 7.95. The zero-order chi connectivity index (χ0) is 17.5. The lowest BCUT2D eigenvalue weighted by Crippen LogP contribution is -2.54. The average molecular weight is 333 g/mol. The number of carbonyl (C=O) groups excluding carboxylic acids is 1. The van der Waals surface area contributed by atoms with Crippen molar-refractivity contribution in [1.82, 2.24) is 20.3 Å². The summed E-state index contributed by atoms with van der Waals surface area (Å²) in [5.74, 6) is -0.475. The highest BCUT2D eigenvalue weighted by atomic mass is 16.1. The molecule has 3 heterocycles. The Morgan fingerprint density at radius 2 is 1.56 bits per heavy atom.